The van der Waals surface area contributed by atoms with E-state index in [2.05, 4.69) is 5.32 Å². The number of rotatable bonds is 3. The molecular weight excluding hydrogens is 258 g/mol. The first-order valence-electron chi connectivity index (χ1n) is 7.52. The minimum absolute atomic E-state index is 0.0174. The number of carboxylic acids is 1. The highest BCUT2D eigenvalue weighted by Crippen LogP contribution is 2.26. The zero-order chi connectivity index (χ0) is 15.8. The summed E-state index contributed by atoms with van der Waals surface area (Å²) in [5, 5.41) is 11.7. The van der Waals surface area contributed by atoms with Crippen LogP contribution in [0, 0.1) is 5.92 Å². The van der Waals surface area contributed by atoms with Crippen LogP contribution in [0.15, 0.2) is 0 Å². The van der Waals surface area contributed by atoms with Crippen molar-refractivity contribution in [2.24, 2.45) is 5.92 Å². The number of alkyl carbamates (subject to hydrolysis) is 1. The van der Waals surface area contributed by atoms with Gasteiger partial charge in [-0.1, -0.05) is 33.1 Å². The van der Waals surface area contributed by atoms with Crippen molar-refractivity contribution in [3.05, 3.63) is 0 Å². The normalized spacial score (nSPS) is 17.4. The number of hydrogen-bond acceptors (Lipinski definition) is 3. The molecule has 1 aliphatic carbocycles. The molecule has 1 saturated carbocycles. The first-order valence-corrected chi connectivity index (χ1v) is 7.52. The summed E-state index contributed by atoms with van der Waals surface area (Å²) < 4.78 is 5.10. The van der Waals surface area contributed by atoms with Crippen molar-refractivity contribution in [1.29, 1.82) is 0 Å². The predicted octanol–water partition coefficient (Wildman–Crippen LogP) is 3.57. The zero-order valence-corrected chi connectivity index (χ0v) is 13.4. The molecule has 5 heteroatoms. The first kappa shape index (κ1) is 18.7. The Morgan fingerprint density at radius 2 is 1.65 bits per heavy atom. The molecule has 20 heavy (non-hydrogen) atoms. The highest BCUT2D eigenvalue weighted by molar-refractivity contribution is 5.80. The minimum Gasteiger partial charge on any atom is -0.480 e. The van der Waals surface area contributed by atoms with Crippen molar-refractivity contribution >= 4 is 12.1 Å². The molecule has 1 atom stereocenters. The number of carboxylic acid groups (broad SMARTS) is 1. The number of hydrogen-bond donors (Lipinski definition) is 2. The third-order valence-corrected chi connectivity index (χ3v) is 3.06. The molecule has 1 aliphatic rings. The molecular formula is C15H29NO4. The highest BCUT2D eigenvalue weighted by Gasteiger charge is 2.32. The van der Waals surface area contributed by atoms with E-state index in [-0.39, 0.29) is 5.92 Å². The standard InChI is InChI=1S/C13H23NO4.C2H6/c1-13(2,3)18-12(17)14-10(11(15)16)9-7-5-4-6-8-9;1-2/h9-10H,4-8H2,1-3H3,(H,14,17)(H,15,16);1-2H3. The average Bonchev–Trinajstić information content (AvgIpc) is 2.37. The van der Waals surface area contributed by atoms with Crippen LogP contribution < -0.4 is 5.32 Å². The molecule has 0 saturated heterocycles. The Kier molecular flexibility index (Phi) is 8.26. The molecule has 0 aromatic carbocycles. The summed E-state index contributed by atoms with van der Waals surface area (Å²) in [6, 6.07) is -0.833. The first-order chi connectivity index (χ1) is 9.29. The van der Waals surface area contributed by atoms with Crippen molar-refractivity contribution in [1.82, 2.24) is 5.32 Å². The van der Waals surface area contributed by atoms with E-state index < -0.39 is 23.7 Å². The van der Waals surface area contributed by atoms with Gasteiger partial charge in [0.2, 0.25) is 0 Å². The van der Waals surface area contributed by atoms with Gasteiger partial charge in [-0.05, 0) is 39.5 Å². The quantitative estimate of drug-likeness (QED) is 0.832. The number of amides is 1. The van der Waals surface area contributed by atoms with Crippen molar-refractivity contribution in [2.45, 2.75) is 78.4 Å². The summed E-state index contributed by atoms with van der Waals surface area (Å²) in [7, 11) is 0. The maximum Gasteiger partial charge on any atom is 0.408 e. The number of ether oxygens (including phenoxy) is 1. The monoisotopic (exact) mass is 287 g/mol. The van der Waals surface area contributed by atoms with E-state index in [0.29, 0.717) is 0 Å². The third-order valence-electron chi connectivity index (χ3n) is 3.06. The minimum atomic E-state index is -0.979. The molecule has 0 bridgehead atoms. The smallest absolute Gasteiger partial charge is 0.408 e. The Hall–Kier alpha value is -1.26. The van der Waals surface area contributed by atoms with Crippen molar-refractivity contribution in [3.8, 4) is 0 Å². The van der Waals surface area contributed by atoms with Crippen LogP contribution in [0.25, 0.3) is 0 Å². The number of nitrogens with one attached hydrogen (secondary N) is 1. The van der Waals surface area contributed by atoms with Gasteiger partial charge >= 0.3 is 12.1 Å². The molecule has 1 rings (SSSR count). The Bertz CT molecular complexity index is 303. The summed E-state index contributed by atoms with van der Waals surface area (Å²) in [6.45, 7) is 9.26. The lowest BCUT2D eigenvalue weighted by molar-refractivity contribution is -0.141. The fraction of sp³-hybridized carbons (Fsp3) is 0.867. The molecule has 1 amide bonds. The lowest BCUT2D eigenvalue weighted by Gasteiger charge is -2.29. The molecule has 2 N–H and O–H groups in total. The third kappa shape index (κ3) is 7.36. The molecule has 118 valence electrons. The molecule has 0 radical (unpaired) electrons. The fourth-order valence-corrected chi connectivity index (χ4v) is 2.28. The summed E-state index contributed by atoms with van der Waals surface area (Å²) in [4.78, 5) is 22.8. The largest absolute Gasteiger partial charge is 0.480 e. The number of carbonyl (C=O) groups is 2. The Balaban J connectivity index is 0.00000172. The second-order valence-corrected chi connectivity index (χ2v) is 5.86. The van der Waals surface area contributed by atoms with E-state index in [1.54, 1.807) is 20.8 Å². The maximum absolute atomic E-state index is 11.6. The van der Waals surface area contributed by atoms with Crippen molar-refractivity contribution in [2.75, 3.05) is 0 Å². The van der Waals surface area contributed by atoms with Crippen LogP contribution in [0.1, 0.15) is 66.7 Å². The van der Waals surface area contributed by atoms with E-state index in [9.17, 15) is 14.7 Å². The van der Waals surface area contributed by atoms with Gasteiger partial charge in [0, 0.05) is 0 Å². The van der Waals surface area contributed by atoms with E-state index in [1.165, 1.54) is 0 Å². The second-order valence-electron chi connectivity index (χ2n) is 5.86. The van der Waals surface area contributed by atoms with Crippen LogP contribution in [0.4, 0.5) is 4.79 Å². The Labute approximate surface area is 122 Å². The van der Waals surface area contributed by atoms with Gasteiger partial charge in [-0.15, -0.1) is 0 Å². The number of carbonyl (C=O) groups excluding carboxylic acids is 1. The topological polar surface area (TPSA) is 75.6 Å². The maximum atomic E-state index is 11.6. The molecule has 5 nitrogen and oxygen atoms in total. The lowest BCUT2D eigenvalue weighted by Crippen LogP contribution is -2.48. The van der Waals surface area contributed by atoms with E-state index in [0.717, 1.165) is 32.1 Å². The van der Waals surface area contributed by atoms with Gasteiger partial charge in [0.05, 0.1) is 0 Å². The zero-order valence-electron chi connectivity index (χ0n) is 13.4. The SMILES string of the molecule is CC.CC(C)(C)OC(=O)NC(C(=O)O)C1CCCCC1. The second kappa shape index (κ2) is 8.82. The molecule has 0 spiro atoms. The lowest BCUT2D eigenvalue weighted by atomic mass is 9.84. The summed E-state index contributed by atoms with van der Waals surface area (Å²) in [5.41, 5.74) is -0.611. The highest BCUT2D eigenvalue weighted by atomic mass is 16.6. The van der Waals surface area contributed by atoms with E-state index in [4.69, 9.17) is 4.74 Å². The van der Waals surface area contributed by atoms with Gasteiger partial charge in [0.15, 0.2) is 0 Å². The van der Waals surface area contributed by atoms with Gasteiger partial charge in [0.25, 0.3) is 0 Å². The number of aliphatic carboxylic acids is 1. The fourth-order valence-electron chi connectivity index (χ4n) is 2.28. The molecule has 0 aliphatic heterocycles. The molecule has 0 aromatic heterocycles. The van der Waals surface area contributed by atoms with Crippen LogP contribution in [0.2, 0.25) is 0 Å². The molecule has 0 heterocycles. The van der Waals surface area contributed by atoms with E-state index in [1.807, 2.05) is 13.8 Å². The van der Waals surface area contributed by atoms with Crippen LogP contribution in [-0.2, 0) is 9.53 Å². The molecule has 0 aromatic rings. The molecule has 1 fully saturated rings. The van der Waals surface area contributed by atoms with Gasteiger partial charge in [-0.3, -0.25) is 0 Å². The summed E-state index contributed by atoms with van der Waals surface area (Å²) in [6.07, 6.45) is 4.27. The van der Waals surface area contributed by atoms with Crippen molar-refractivity contribution in [3.63, 3.8) is 0 Å². The van der Waals surface area contributed by atoms with Gasteiger partial charge in [0.1, 0.15) is 11.6 Å². The van der Waals surface area contributed by atoms with Crippen LogP contribution in [0.5, 0.6) is 0 Å². The van der Waals surface area contributed by atoms with Gasteiger partial charge in [-0.2, -0.15) is 0 Å². The summed E-state index contributed by atoms with van der Waals surface area (Å²) >= 11 is 0. The Morgan fingerprint density at radius 3 is 2.05 bits per heavy atom. The molecule has 1 unspecified atom stereocenters. The van der Waals surface area contributed by atoms with Crippen LogP contribution in [-0.4, -0.2) is 28.8 Å². The Morgan fingerprint density at radius 1 is 1.15 bits per heavy atom. The van der Waals surface area contributed by atoms with Crippen LogP contribution in [0.3, 0.4) is 0 Å². The predicted molar refractivity (Wildman–Crippen MR) is 78.7 cm³/mol. The van der Waals surface area contributed by atoms with Gasteiger partial charge in [-0.25, -0.2) is 9.59 Å². The van der Waals surface area contributed by atoms with Gasteiger partial charge < -0.3 is 15.2 Å². The van der Waals surface area contributed by atoms with Crippen molar-refractivity contribution < 1.29 is 19.4 Å². The van der Waals surface area contributed by atoms with E-state index >= 15 is 0 Å². The van der Waals surface area contributed by atoms with Crippen LogP contribution >= 0.6 is 0 Å². The average molecular weight is 287 g/mol. The summed E-state index contributed by atoms with van der Waals surface area (Å²) in [5.74, 6) is -0.962.